The second kappa shape index (κ2) is 3.87. The van der Waals surface area contributed by atoms with Crippen molar-refractivity contribution >= 4 is 15.9 Å². The summed E-state index contributed by atoms with van der Waals surface area (Å²) in [6.45, 7) is 1.69. The number of aromatic hydroxyl groups is 1. The molecular formula is C10H11BrFNO. The predicted molar refractivity (Wildman–Crippen MR) is 56.0 cm³/mol. The van der Waals surface area contributed by atoms with Gasteiger partial charge in [-0.2, -0.15) is 0 Å². The molecule has 1 heterocycles. The molecule has 0 spiro atoms. The number of hydrogen-bond acceptors (Lipinski definition) is 2. The monoisotopic (exact) mass is 259 g/mol. The fraction of sp³-hybridized carbons (Fsp3) is 0.400. The van der Waals surface area contributed by atoms with E-state index in [1.807, 2.05) is 0 Å². The molecule has 1 saturated heterocycles. The summed E-state index contributed by atoms with van der Waals surface area (Å²) < 4.78 is 14.3. The zero-order chi connectivity index (χ0) is 10.1. The van der Waals surface area contributed by atoms with Gasteiger partial charge in [-0.05, 0) is 25.1 Å². The molecule has 1 fully saturated rings. The maximum absolute atomic E-state index is 13.6. The zero-order valence-electron chi connectivity index (χ0n) is 7.56. The van der Waals surface area contributed by atoms with Crippen molar-refractivity contribution < 1.29 is 9.50 Å². The third-order valence-electron chi connectivity index (χ3n) is 2.57. The Morgan fingerprint density at radius 3 is 2.93 bits per heavy atom. The first-order valence-corrected chi connectivity index (χ1v) is 5.37. The largest absolute Gasteiger partial charge is 0.505 e. The van der Waals surface area contributed by atoms with E-state index in [4.69, 9.17) is 0 Å². The van der Waals surface area contributed by atoms with Crippen molar-refractivity contribution in [2.75, 3.05) is 13.1 Å². The summed E-state index contributed by atoms with van der Waals surface area (Å²) in [5.41, 5.74) is 0.593. The van der Waals surface area contributed by atoms with E-state index >= 15 is 0 Å². The number of benzene rings is 1. The van der Waals surface area contributed by atoms with Gasteiger partial charge < -0.3 is 10.4 Å². The first kappa shape index (κ1) is 9.93. The molecule has 2 rings (SSSR count). The summed E-state index contributed by atoms with van der Waals surface area (Å²) in [4.78, 5) is 0. The van der Waals surface area contributed by atoms with Crippen molar-refractivity contribution in [1.82, 2.24) is 5.32 Å². The number of halogens is 2. The summed E-state index contributed by atoms with van der Waals surface area (Å²) in [7, 11) is 0. The summed E-state index contributed by atoms with van der Waals surface area (Å²) in [6, 6.07) is 3.05. The molecular weight excluding hydrogens is 249 g/mol. The molecule has 4 heteroatoms. The first-order chi connectivity index (χ1) is 6.70. The van der Waals surface area contributed by atoms with Crippen LogP contribution in [-0.2, 0) is 0 Å². The van der Waals surface area contributed by atoms with Crippen LogP contribution < -0.4 is 5.32 Å². The number of hydrogen-bond donors (Lipinski definition) is 2. The molecule has 76 valence electrons. The number of phenolic OH excluding ortho intramolecular Hbond substituents is 1. The van der Waals surface area contributed by atoms with Crippen LogP contribution in [0.1, 0.15) is 17.9 Å². The van der Waals surface area contributed by atoms with E-state index in [0.29, 0.717) is 5.56 Å². The molecule has 0 aromatic heterocycles. The highest BCUT2D eigenvalue weighted by Gasteiger charge is 2.23. The summed E-state index contributed by atoms with van der Waals surface area (Å²) in [5, 5.41) is 12.4. The Morgan fingerprint density at radius 1 is 1.50 bits per heavy atom. The Kier molecular flexibility index (Phi) is 2.74. The normalized spacial score (nSPS) is 21.4. The Morgan fingerprint density at radius 2 is 2.29 bits per heavy atom. The molecule has 1 aromatic carbocycles. The van der Waals surface area contributed by atoms with Gasteiger partial charge in [0, 0.05) is 22.5 Å². The number of rotatable bonds is 1. The van der Waals surface area contributed by atoms with Crippen LogP contribution in [0, 0.1) is 5.82 Å². The lowest BCUT2D eigenvalue weighted by atomic mass is 9.97. The molecule has 0 amide bonds. The summed E-state index contributed by atoms with van der Waals surface area (Å²) in [6.07, 6.45) is 0.916. The second-order valence-corrected chi connectivity index (χ2v) is 4.34. The average molecular weight is 260 g/mol. The second-order valence-electron chi connectivity index (χ2n) is 3.48. The van der Waals surface area contributed by atoms with Crippen LogP contribution in [-0.4, -0.2) is 18.2 Å². The van der Waals surface area contributed by atoms with Crippen LogP contribution in [0.5, 0.6) is 5.75 Å². The lowest BCUT2D eigenvalue weighted by Crippen LogP contribution is -2.09. The molecule has 2 nitrogen and oxygen atoms in total. The highest BCUT2D eigenvalue weighted by atomic mass is 79.9. The van der Waals surface area contributed by atoms with Crippen molar-refractivity contribution in [2.45, 2.75) is 12.3 Å². The van der Waals surface area contributed by atoms with Crippen LogP contribution >= 0.6 is 15.9 Å². The van der Waals surface area contributed by atoms with Gasteiger partial charge in [0.25, 0.3) is 0 Å². The van der Waals surface area contributed by atoms with E-state index in [1.165, 1.54) is 6.07 Å². The van der Waals surface area contributed by atoms with Crippen molar-refractivity contribution in [3.8, 4) is 5.75 Å². The van der Waals surface area contributed by atoms with Gasteiger partial charge in [0.05, 0.1) is 0 Å². The smallest absolute Gasteiger partial charge is 0.169 e. The molecule has 1 aromatic rings. The molecule has 2 N–H and O–H groups in total. The Labute approximate surface area is 90.3 Å². The van der Waals surface area contributed by atoms with Crippen LogP contribution in [0.4, 0.5) is 4.39 Å². The van der Waals surface area contributed by atoms with Gasteiger partial charge in [0.2, 0.25) is 0 Å². The SMILES string of the molecule is Oc1ccc(Br)c(C2CCNC2)c1F. The van der Waals surface area contributed by atoms with Crippen molar-refractivity contribution in [1.29, 1.82) is 0 Å². The topological polar surface area (TPSA) is 32.3 Å². The molecule has 1 unspecified atom stereocenters. The Balaban J connectivity index is 2.44. The van der Waals surface area contributed by atoms with Gasteiger partial charge >= 0.3 is 0 Å². The van der Waals surface area contributed by atoms with E-state index in [1.54, 1.807) is 6.07 Å². The van der Waals surface area contributed by atoms with E-state index in [9.17, 15) is 9.50 Å². The quantitative estimate of drug-likeness (QED) is 0.812. The van der Waals surface area contributed by atoms with Gasteiger partial charge in [-0.25, -0.2) is 4.39 Å². The standard InChI is InChI=1S/C10H11BrFNO/c11-7-1-2-8(14)10(12)9(7)6-3-4-13-5-6/h1-2,6,13-14H,3-5H2. The molecule has 0 bridgehead atoms. The number of nitrogens with one attached hydrogen (secondary N) is 1. The van der Waals surface area contributed by atoms with Gasteiger partial charge in [0.1, 0.15) is 0 Å². The summed E-state index contributed by atoms with van der Waals surface area (Å²) in [5.74, 6) is -0.598. The minimum Gasteiger partial charge on any atom is -0.505 e. The minimum atomic E-state index is -0.493. The number of phenols is 1. The van der Waals surface area contributed by atoms with Crippen molar-refractivity contribution in [2.24, 2.45) is 0 Å². The summed E-state index contributed by atoms with van der Waals surface area (Å²) >= 11 is 3.31. The van der Waals surface area contributed by atoms with Gasteiger partial charge in [-0.3, -0.25) is 0 Å². The lowest BCUT2D eigenvalue weighted by molar-refractivity contribution is 0.425. The molecule has 0 aliphatic carbocycles. The molecule has 0 radical (unpaired) electrons. The van der Waals surface area contributed by atoms with E-state index < -0.39 is 5.82 Å². The Bertz CT molecular complexity index is 350. The highest BCUT2D eigenvalue weighted by Crippen LogP contribution is 2.35. The van der Waals surface area contributed by atoms with Gasteiger partial charge in [-0.1, -0.05) is 15.9 Å². The Hall–Kier alpha value is -0.610. The zero-order valence-corrected chi connectivity index (χ0v) is 9.14. The maximum atomic E-state index is 13.6. The van der Waals surface area contributed by atoms with Crippen LogP contribution in [0.15, 0.2) is 16.6 Å². The van der Waals surface area contributed by atoms with Crippen molar-refractivity contribution in [3.63, 3.8) is 0 Å². The lowest BCUT2D eigenvalue weighted by Gasteiger charge is -2.13. The van der Waals surface area contributed by atoms with E-state index in [2.05, 4.69) is 21.2 Å². The molecule has 1 aliphatic heterocycles. The first-order valence-electron chi connectivity index (χ1n) is 4.57. The van der Waals surface area contributed by atoms with Crippen LogP contribution in [0.2, 0.25) is 0 Å². The third kappa shape index (κ3) is 1.64. The van der Waals surface area contributed by atoms with E-state index in [-0.39, 0.29) is 11.7 Å². The molecule has 1 aliphatic rings. The maximum Gasteiger partial charge on any atom is 0.169 e. The third-order valence-corrected chi connectivity index (χ3v) is 3.27. The molecule has 14 heavy (non-hydrogen) atoms. The van der Waals surface area contributed by atoms with Crippen molar-refractivity contribution in [3.05, 3.63) is 28.0 Å². The predicted octanol–water partition coefficient (Wildman–Crippen LogP) is 2.37. The molecule has 0 saturated carbocycles. The fourth-order valence-electron chi connectivity index (χ4n) is 1.83. The van der Waals surface area contributed by atoms with Gasteiger partial charge in [0.15, 0.2) is 11.6 Å². The average Bonchev–Trinajstić information content (AvgIpc) is 2.65. The van der Waals surface area contributed by atoms with Gasteiger partial charge in [-0.15, -0.1) is 0 Å². The van der Waals surface area contributed by atoms with Crippen LogP contribution in [0.25, 0.3) is 0 Å². The van der Waals surface area contributed by atoms with Crippen LogP contribution in [0.3, 0.4) is 0 Å². The highest BCUT2D eigenvalue weighted by molar-refractivity contribution is 9.10. The molecule has 1 atom stereocenters. The van der Waals surface area contributed by atoms with E-state index in [0.717, 1.165) is 24.0 Å². The fourth-order valence-corrected chi connectivity index (χ4v) is 2.46. The minimum absolute atomic E-state index is 0.163.